The summed E-state index contributed by atoms with van der Waals surface area (Å²) in [5.74, 6) is 1.19. The van der Waals surface area contributed by atoms with Crippen molar-refractivity contribution in [3.63, 3.8) is 0 Å². The lowest BCUT2D eigenvalue weighted by Gasteiger charge is -2.26. The monoisotopic (exact) mass is 394 g/mol. The number of morpholine rings is 1. The van der Waals surface area contributed by atoms with Gasteiger partial charge in [-0.2, -0.15) is 0 Å². The van der Waals surface area contributed by atoms with Gasteiger partial charge in [-0.3, -0.25) is 4.90 Å². The smallest absolute Gasteiger partial charge is 0.125 e. The molecule has 0 aliphatic carbocycles. The summed E-state index contributed by atoms with van der Waals surface area (Å²) >= 11 is 0. The minimum absolute atomic E-state index is 0.357. The molecule has 5 heteroatoms. The molecule has 154 valence electrons. The lowest BCUT2D eigenvalue weighted by molar-refractivity contribution is 0.0376. The van der Waals surface area contributed by atoms with E-state index in [9.17, 15) is 4.21 Å². The number of nitrogens with one attached hydrogen (secondary N) is 1. The molecule has 0 radical (unpaired) electrons. The van der Waals surface area contributed by atoms with Gasteiger partial charge in [0.05, 0.1) is 18.1 Å². The van der Waals surface area contributed by atoms with Gasteiger partial charge in [-0.15, -0.1) is 0 Å². The first-order valence-electron chi connectivity index (χ1n) is 10.4. The average molecular weight is 395 g/mol. The number of hydrogen-bond donors (Lipinski definition) is 1. The van der Waals surface area contributed by atoms with Crippen molar-refractivity contribution in [2.75, 3.05) is 39.4 Å². The maximum Gasteiger partial charge on any atom is 0.125 e. The molecule has 0 bridgehead atoms. The second kappa shape index (κ2) is 10.7. The zero-order valence-corrected chi connectivity index (χ0v) is 18.8. The molecule has 27 heavy (non-hydrogen) atoms. The zero-order chi connectivity index (χ0) is 20.0. The van der Waals surface area contributed by atoms with E-state index in [2.05, 4.69) is 63.3 Å². The van der Waals surface area contributed by atoms with E-state index in [0.29, 0.717) is 17.8 Å². The van der Waals surface area contributed by atoms with Crippen LogP contribution < -0.4 is 4.72 Å². The SMILES string of the molecule is CC(C)c1cc(C(C)C)c([S@@](=O)NCCCN2CCOCC2)c(C(C)C)c1. The van der Waals surface area contributed by atoms with Gasteiger partial charge in [-0.1, -0.05) is 53.7 Å². The highest BCUT2D eigenvalue weighted by atomic mass is 32.2. The first-order valence-corrected chi connectivity index (χ1v) is 11.6. The van der Waals surface area contributed by atoms with Crippen molar-refractivity contribution in [2.24, 2.45) is 0 Å². The molecular formula is C22H38N2O2S. The highest BCUT2D eigenvalue weighted by Gasteiger charge is 2.21. The standard InChI is InChI=1S/C22H38N2O2S/c1-16(2)19-14-20(17(3)4)22(21(15-19)18(5)6)27(25)23-8-7-9-24-10-12-26-13-11-24/h14-18,23H,7-13H2,1-6H3/t27-/m1/s1. The fourth-order valence-corrected chi connectivity index (χ4v) is 4.96. The van der Waals surface area contributed by atoms with Crippen molar-refractivity contribution in [1.82, 2.24) is 9.62 Å². The normalized spacial score (nSPS) is 17.2. The molecule has 1 N–H and O–H groups in total. The Morgan fingerprint density at radius 3 is 2.04 bits per heavy atom. The Morgan fingerprint density at radius 1 is 1.00 bits per heavy atom. The maximum absolute atomic E-state index is 13.2. The molecule has 1 aliphatic rings. The van der Waals surface area contributed by atoms with E-state index in [4.69, 9.17) is 4.74 Å². The van der Waals surface area contributed by atoms with Gasteiger partial charge in [0, 0.05) is 19.6 Å². The Morgan fingerprint density at radius 2 is 1.56 bits per heavy atom. The summed E-state index contributed by atoms with van der Waals surface area (Å²) in [5.41, 5.74) is 3.79. The van der Waals surface area contributed by atoms with Crippen LogP contribution in [0.15, 0.2) is 17.0 Å². The largest absolute Gasteiger partial charge is 0.379 e. The van der Waals surface area contributed by atoms with E-state index >= 15 is 0 Å². The first-order chi connectivity index (χ1) is 12.8. The van der Waals surface area contributed by atoms with Crippen LogP contribution >= 0.6 is 0 Å². The molecule has 0 saturated carbocycles. The highest BCUT2D eigenvalue weighted by Crippen LogP contribution is 2.33. The number of ether oxygens (including phenoxy) is 1. The van der Waals surface area contributed by atoms with Crippen LogP contribution in [0.2, 0.25) is 0 Å². The molecule has 0 aromatic heterocycles. The van der Waals surface area contributed by atoms with Gasteiger partial charge in [0.25, 0.3) is 0 Å². The molecule has 0 spiro atoms. The number of hydrogen-bond acceptors (Lipinski definition) is 3. The summed E-state index contributed by atoms with van der Waals surface area (Å²) in [4.78, 5) is 3.43. The molecule has 1 aromatic carbocycles. The van der Waals surface area contributed by atoms with Crippen LogP contribution in [0.25, 0.3) is 0 Å². The van der Waals surface area contributed by atoms with Crippen molar-refractivity contribution < 1.29 is 8.95 Å². The Bertz CT molecular complexity index is 594. The van der Waals surface area contributed by atoms with Crippen molar-refractivity contribution >= 4 is 11.0 Å². The lowest BCUT2D eigenvalue weighted by atomic mass is 9.89. The van der Waals surface area contributed by atoms with Crippen LogP contribution in [0.5, 0.6) is 0 Å². The van der Waals surface area contributed by atoms with Crippen LogP contribution in [0.4, 0.5) is 0 Å². The average Bonchev–Trinajstić information content (AvgIpc) is 2.64. The van der Waals surface area contributed by atoms with Gasteiger partial charge in [0.15, 0.2) is 0 Å². The first kappa shape index (κ1) is 22.5. The summed E-state index contributed by atoms with van der Waals surface area (Å²) < 4.78 is 21.9. The summed E-state index contributed by atoms with van der Waals surface area (Å²) in [6, 6.07) is 4.54. The zero-order valence-electron chi connectivity index (χ0n) is 18.0. The van der Waals surface area contributed by atoms with Crippen molar-refractivity contribution in [1.29, 1.82) is 0 Å². The Labute approximate surface area is 168 Å². The predicted molar refractivity (Wildman–Crippen MR) is 115 cm³/mol. The van der Waals surface area contributed by atoms with E-state index in [1.54, 1.807) is 0 Å². The Balaban J connectivity index is 2.10. The molecule has 1 aromatic rings. The fourth-order valence-electron chi connectivity index (χ4n) is 3.47. The third-order valence-electron chi connectivity index (χ3n) is 5.25. The lowest BCUT2D eigenvalue weighted by Crippen LogP contribution is -2.37. The summed E-state index contributed by atoms with van der Waals surface area (Å²) in [6.45, 7) is 18.7. The molecular weight excluding hydrogens is 356 g/mol. The minimum Gasteiger partial charge on any atom is -0.379 e. The van der Waals surface area contributed by atoms with Gasteiger partial charge in [-0.25, -0.2) is 8.93 Å². The van der Waals surface area contributed by atoms with Gasteiger partial charge in [-0.05, 0) is 47.4 Å². The van der Waals surface area contributed by atoms with Crippen molar-refractivity contribution in [3.8, 4) is 0 Å². The summed E-state index contributed by atoms with van der Waals surface area (Å²) in [5, 5.41) is 0. The van der Waals surface area contributed by atoms with E-state index in [1.807, 2.05) is 0 Å². The Kier molecular flexibility index (Phi) is 8.93. The fraction of sp³-hybridized carbons (Fsp3) is 0.727. The van der Waals surface area contributed by atoms with Crippen LogP contribution in [-0.4, -0.2) is 48.5 Å². The molecule has 1 aliphatic heterocycles. The van der Waals surface area contributed by atoms with E-state index in [-0.39, 0.29) is 0 Å². The van der Waals surface area contributed by atoms with Gasteiger partial charge >= 0.3 is 0 Å². The van der Waals surface area contributed by atoms with Crippen molar-refractivity contribution in [3.05, 3.63) is 28.8 Å². The molecule has 0 unspecified atom stereocenters. The van der Waals surface area contributed by atoms with Crippen LogP contribution in [0, 0.1) is 0 Å². The second-order valence-corrected chi connectivity index (χ2v) is 9.70. The van der Waals surface area contributed by atoms with E-state index in [0.717, 1.165) is 50.7 Å². The van der Waals surface area contributed by atoms with E-state index < -0.39 is 11.0 Å². The van der Waals surface area contributed by atoms with Gasteiger partial charge < -0.3 is 4.74 Å². The quantitative estimate of drug-likeness (QED) is 0.632. The molecule has 1 saturated heterocycles. The number of nitrogens with zero attached hydrogens (tertiary/aromatic N) is 1. The topological polar surface area (TPSA) is 41.6 Å². The van der Waals surface area contributed by atoms with Crippen LogP contribution in [0.1, 0.15) is 82.4 Å². The van der Waals surface area contributed by atoms with Crippen LogP contribution in [0.3, 0.4) is 0 Å². The third-order valence-corrected chi connectivity index (χ3v) is 6.56. The molecule has 1 heterocycles. The third kappa shape index (κ3) is 6.38. The van der Waals surface area contributed by atoms with Gasteiger partial charge in [0.2, 0.25) is 0 Å². The summed E-state index contributed by atoms with van der Waals surface area (Å²) in [6.07, 6.45) is 1.00. The molecule has 2 rings (SSSR count). The van der Waals surface area contributed by atoms with E-state index in [1.165, 1.54) is 16.7 Å². The predicted octanol–water partition coefficient (Wildman–Crippen LogP) is 4.39. The molecule has 1 fully saturated rings. The van der Waals surface area contributed by atoms with Crippen molar-refractivity contribution in [2.45, 2.75) is 70.6 Å². The maximum atomic E-state index is 13.2. The molecule has 1 atom stereocenters. The second-order valence-electron chi connectivity index (χ2n) is 8.46. The summed E-state index contributed by atoms with van der Waals surface area (Å²) in [7, 11) is -1.17. The number of rotatable bonds is 9. The van der Waals surface area contributed by atoms with Crippen LogP contribution in [-0.2, 0) is 15.7 Å². The molecule has 0 amide bonds. The highest BCUT2D eigenvalue weighted by molar-refractivity contribution is 7.83. The Hall–Kier alpha value is -0.750. The number of benzene rings is 1. The minimum atomic E-state index is -1.17. The van der Waals surface area contributed by atoms with Gasteiger partial charge in [0.1, 0.15) is 11.0 Å². The molecule has 4 nitrogen and oxygen atoms in total.